The van der Waals surface area contributed by atoms with Gasteiger partial charge in [-0.2, -0.15) is 0 Å². The van der Waals surface area contributed by atoms with Crippen LogP contribution in [0.25, 0.3) is 11.2 Å². The Labute approximate surface area is 204 Å². The lowest BCUT2D eigenvalue weighted by atomic mass is 9.93. The van der Waals surface area contributed by atoms with Crippen LogP contribution in [0.15, 0.2) is 6.33 Å². The van der Waals surface area contributed by atoms with Gasteiger partial charge in [-0.15, -0.1) is 0 Å². The number of hydrogen-bond donors (Lipinski definition) is 3. The number of imidazole rings is 1. The van der Waals surface area contributed by atoms with Crippen LogP contribution in [0, 0.1) is 5.92 Å². The molecule has 174 valence electrons. The van der Waals surface area contributed by atoms with E-state index in [-0.39, 0.29) is 35.2 Å². The number of amides is 1. The molecule has 0 spiro atoms. The number of aliphatic hydroxyl groups excluding tert-OH is 1. The van der Waals surface area contributed by atoms with Gasteiger partial charge in [0.25, 0.3) is 0 Å². The summed E-state index contributed by atoms with van der Waals surface area (Å²) in [6.45, 7) is 7.75. The molecule has 5 rings (SSSR count). The Bertz CT molecular complexity index is 1110. The van der Waals surface area contributed by atoms with Crippen molar-refractivity contribution in [3.05, 3.63) is 17.0 Å². The number of anilines is 1. The Morgan fingerprint density at radius 1 is 1.41 bits per heavy atom. The quantitative estimate of drug-likeness (QED) is 0.287. The fourth-order valence-corrected chi connectivity index (χ4v) is 6.95. The van der Waals surface area contributed by atoms with Gasteiger partial charge in [-0.3, -0.25) is 4.79 Å². The van der Waals surface area contributed by atoms with E-state index < -0.39 is 21.4 Å². The minimum Gasteiger partial charge on any atom is -0.388 e. The van der Waals surface area contributed by atoms with E-state index in [2.05, 4.69) is 43.2 Å². The summed E-state index contributed by atoms with van der Waals surface area (Å²) in [5.74, 6) is -1.07. The van der Waals surface area contributed by atoms with E-state index in [4.69, 9.17) is 21.1 Å². The number of aromatic nitrogens is 3. The number of carbonyl (C=O) groups is 1. The molecular weight excluding hydrogens is 549 g/mol. The minimum absolute atomic E-state index is 0.0710. The Kier molecular flexibility index (Phi) is 5.22. The van der Waals surface area contributed by atoms with E-state index in [1.54, 1.807) is 13.4 Å². The number of aliphatic hydroxyl groups is 1. The van der Waals surface area contributed by atoms with E-state index in [1.807, 2.05) is 32.3 Å². The van der Waals surface area contributed by atoms with Crippen LogP contribution in [0.5, 0.6) is 0 Å². The number of carbonyl (C=O) groups excluding carboxylic acids is 1. The average Bonchev–Trinajstić information content (AvgIpc) is 3.32. The smallest absolute Gasteiger partial charge is 0.238 e. The highest BCUT2D eigenvalue weighted by Gasteiger charge is 2.68. The number of pyridine rings is 1. The molecule has 2 aromatic heterocycles. The van der Waals surface area contributed by atoms with Gasteiger partial charge in [0.05, 0.1) is 24.2 Å². The molecule has 2 aliphatic heterocycles. The number of hydrogen-bond acceptors (Lipinski definition) is 7. The van der Waals surface area contributed by atoms with Gasteiger partial charge in [0.15, 0.2) is 11.4 Å². The fraction of sp³-hybridized carbons (Fsp3) is 0.667. The van der Waals surface area contributed by atoms with Gasteiger partial charge in [0.2, 0.25) is 5.91 Å². The van der Waals surface area contributed by atoms with Gasteiger partial charge in [-0.25, -0.2) is 9.97 Å². The summed E-state index contributed by atoms with van der Waals surface area (Å²) in [5.41, 5.74) is 2.52. The molecule has 9 nitrogen and oxygen atoms in total. The fourth-order valence-electron chi connectivity index (χ4n) is 5.53. The molecule has 7 atom stereocenters. The van der Waals surface area contributed by atoms with Crippen LogP contribution in [-0.2, 0) is 14.3 Å². The van der Waals surface area contributed by atoms with Gasteiger partial charge in [0.1, 0.15) is 26.3 Å². The Morgan fingerprint density at radius 2 is 2.12 bits per heavy atom. The van der Waals surface area contributed by atoms with Crippen LogP contribution in [0.2, 0.25) is 5.15 Å². The number of nitrogens with one attached hydrogen (secondary N) is 2. The minimum atomic E-state index is -0.840. The first-order valence-electron chi connectivity index (χ1n) is 10.8. The predicted molar refractivity (Wildman–Crippen MR) is 128 cm³/mol. The molecule has 0 bridgehead atoms. The highest BCUT2D eigenvalue weighted by atomic mass is 127. The number of rotatable bonds is 2. The van der Waals surface area contributed by atoms with Crippen LogP contribution in [-0.4, -0.2) is 60.1 Å². The summed E-state index contributed by atoms with van der Waals surface area (Å²) >= 11 is 8.77. The molecule has 2 fully saturated rings. The van der Waals surface area contributed by atoms with Crippen LogP contribution < -0.4 is 10.6 Å². The first kappa shape index (κ1) is 22.6. The monoisotopic (exact) mass is 575 g/mol. The zero-order valence-corrected chi connectivity index (χ0v) is 21.4. The van der Waals surface area contributed by atoms with Crippen molar-refractivity contribution in [3.8, 4) is 0 Å². The van der Waals surface area contributed by atoms with E-state index >= 15 is 0 Å². The van der Waals surface area contributed by atoms with E-state index in [0.29, 0.717) is 28.8 Å². The van der Waals surface area contributed by atoms with Gasteiger partial charge in [-0.1, -0.05) is 41.1 Å². The summed E-state index contributed by atoms with van der Waals surface area (Å²) in [7, 11) is 1.64. The standard InChI is InChI=1S/C21H27ClIN5O4/c1-8-6-10(29)11-12(26-8)13-18(27-17(11)22)28(7-25-13)14-9(2)21(23,19(30)24-5)16-15(14)31-20(3,4)32-16/h7-10,14-16,26,29H,6H2,1-5H3,(H,24,30)/t8?,9-,10?,14-,15+,16+,21-/m1/s1. The van der Waals surface area contributed by atoms with Gasteiger partial charge >= 0.3 is 0 Å². The Hall–Kier alpha value is -1.21. The summed E-state index contributed by atoms with van der Waals surface area (Å²) in [4.78, 5) is 22.3. The zero-order chi connectivity index (χ0) is 23.2. The summed E-state index contributed by atoms with van der Waals surface area (Å²) < 4.78 is 13.7. The number of halogens is 2. The molecule has 2 aromatic rings. The van der Waals surface area contributed by atoms with E-state index in [0.717, 1.165) is 0 Å². The lowest BCUT2D eigenvalue weighted by molar-refractivity contribution is -0.163. The van der Waals surface area contributed by atoms with Crippen LogP contribution in [0.3, 0.4) is 0 Å². The number of nitrogens with zero attached hydrogens (tertiary/aromatic N) is 3. The third-order valence-corrected chi connectivity index (χ3v) is 9.33. The molecule has 0 aromatic carbocycles. The number of alkyl halides is 1. The average molecular weight is 576 g/mol. The Morgan fingerprint density at radius 3 is 2.81 bits per heavy atom. The van der Waals surface area contributed by atoms with Crippen molar-refractivity contribution in [2.75, 3.05) is 12.4 Å². The molecule has 32 heavy (non-hydrogen) atoms. The third kappa shape index (κ3) is 3.02. The van der Waals surface area contributed by atoms with Crippen molar-refractivity contribution in [1.82, 2.24) is 19.9 Å². The second-order valence-corrected chi connectivity index (χ2v) is 11.6. The first-order valence-corrected chi connectivity index (χ1v) is 12.2. The molecule has 0 radical (unpaired) electrons. The molecule has 1 aliphatic carbocycles. The lowest BCUT2D eigenvalue weighted by Crippen LogP contribution is -2.51. The molecule has 3 aliphatic rings. The SMILES string of the molecule is CNC(=O)[C@@]1(I)[C@H](C)[C@@H](n2cnc3c4c(c(Cl)nc32)C(O)CC(C)N4)[C@@H]2OC(C)(C)O[C@@H]21. The van der Waals surface area contributed by atoms with E-state index in [9.17, 15) is 9.90 Å². The zero-order valence-electron chi connectivity index (χ0n) is 18.5. The largest absolute Gasteiger partial charge is 0.388 e. The maximum Gasteiger partial charge on any atom is 0.238 e. The van der Waals surface area contributed by atoms with Crippen molar-refractivity contribution in [3.63, 3.8) is 0 Å². The maximum atomic E-state index is 13.0. The Balaban J connectivity index is 1.68. The molecule has 3 N–H and O–H groups in total. The molecule has 11 heteroatoms. The summed E-state index contributed by atoms with van der Waals surface area (Å²) in [6, 6.07) is -0.185. The second-order valence-electron chi connectivity index (χ2n) is 9.46. The van der Waals surface area contributed by atoms with Crippen molar-refractivity contribution >= 4 is 57.0 Å². The summed E-state index contributed by atoms with van der Waals surface area (Å²) in [6.07, 6.45) is 0.756. The molecule has 1 saturated carbocycles. The molecule has 1 amide bonds. The van der Waals surface area contributed by atoms with Crippen LogP contribution in [0.1, 0.15) is 51.8 Å². The van der Waals surface area contributed by atoms with Crippen molar-refractivity contribution < 1.29 is 19.4 Å². The topological polar surface area (TPSA) is 111 Å². The van der Waals surface area contributed by atoms with Gasteiger partial charge < -0.3 is 29.8 Å². The van der Waals surface area contributed by atoms with Gasteiger partial charge in [-0.05, 0) is 27.2 Å². The molecule has 1 saturated heterocycles. The van der Waals surface area contributed by atoms with Crippen LogP contribution >= 0.6 is 34.2 Å². The number of fused-ring (bicyclic) bond motifs is 4. The van der Waals surface area contributed by atoms with Gasteiger partial charge in [0, 0.05) is 24.6 Å². The van der Waals surface area contributed by atoms with E-state index in [1.165, 1.54) is 0 Å². The lowest BCUT2D eigenvalue weighted by Gasteiger charge is -2.33. The normalized spacial score (nSPS) is 37.8. The molecular formula is C21H27ClIN5O4. The second kappa shape index (κ2) is 7.39. The van der Waals surface area contributed by atoms with Crippen molar-refractivity contribution in [2.45, 2.75) is 73.7 Å². The van der Waals surface area contributed by atoms with Crippen molar-refractivity contribution in [1.29, 1.82) is 0 Å². The molecule has 4 heterocycles. The highest BCUT2D eigenvalue weighted by Crippen LogP contribution is 2.57. The molecule has 2 unspecified atom stereocenters. The number of ether oxygens (including phenoxy) is 2. The summed E-state index contributed by atoms with van der Waals surface area (Å²) in [5, 5.41) is 17.0. The van der Waals surface area contributed by atoms with Crippen molar-refractivity contribution in [2.24, 2.45) is 5.92 Å². The highest BCUT2D eigenvalue weighted by molar-refractivity contribution is 14.1. The first-order chi connectivity index (χ1) is 15.0. The van der Waals surface area contributed by atoms with Crippen LogP contribution in [0.4, 0.5) is 5.69 Å². The maximum absolute atomic E-state index is 13.0. The predicted octanol–water partition coefficient (Wildman–Crippen LogP) is 2.95. The third-order valence-electron chi connectivity index (χ3n) is 6.95.